The molecule has 0 bridgehead atoms. The SMILES string of the molecule is CCNc1ncnc(NC2CCS(=O)(=O)C2)c1[N+](=O)[O-]. The molecule has 110 valence electrons. The molecular weight excluding hydrogens is 286 g/mol. The molecule has 2 heterocycles. The minimum absolute atomic E-state index is 0.0370. The zero-order valence-electron chi connectivity index (χ0n) is 10.9. The predicted molar refractivity (Wildman–Crippen MR) is 73.5 cm³/mol. The number of rotatable bonds is 5. The molecule has 1 fully saturated rings. The molecule has 2 N–H and O–H groups in total. The average Bonchev–Trinajstić information content (AvgIpc) is 2.69. The summed E-state index contributed by atoms with van der Waals surface area (Å²) in [6, 6.07) is -0.358. The van der Waals surface area contributed by atoms with Gasteiger partial charge in [0, 0.05) is 12.6 Å². The molecule has 1 unspecified atom stereocenters. The molecule has 0 aromatic carbocycles. The first-order valence-electron chi connectivity index (χ1n) is 6.13. The van der Waals surface area contributed by atoms with Gasteiger partial charge in [0.2, 0.25) is 11.6 Å². The van der Waals surface area contributed by atoms with E-state index in [1.165, 1.54) is 6.33 Å². The molecule has 1 saturated heterocycles. The Bertz CT molecular complexity index is 618. The molecule has 2 rings (SSSR count). The molecule has 9 nitrogen and oxygen atoms in total. The maximum atomic E-state index is 11.4. The van der Waals surface area contributed by atoms with Crippen LogP contribution in [0.5, 0.6) is 0 Å². The Morgan fingerprint density at radius 3 is 2.70 bits per heavy atom. The van der Waals surface area contributed by atoms with Crippen LogP contribution in [0, 0.1) is 10.1 Å². The Balaban J connectivity index is 2.27. The first kappa shape index (κ1) is 14.4. The highest BCUT2D eigenvalue weighted by Crippen LogP contribution is 2.30. The van der Waals surface area contributed by atoms with Crippen molar-refractivity contribution >= 4 is 27.2 Å². The molecule has 1 aromatic heterocycles. The molecular formula is C10H15N5O4S. The van der Waals surface area contributed by atoms with E-state index in [1.54, 1.807) is 6.92 Å². The van der Waals surface area contributed by atoms with E-state index in [4.69, 9.17) is 0 Å². The van der Waals surface area contributed by atoms with Crippen LogP contribution in [-0.2, 0) is 9.84 Å². The summed E-state index contributed by atoms with van der Waals surface area (Å²) >= 11 is 0. The van der Waals surface area contributed by atoms with E-state index in [0.29, 0.717) is 13.0 Å². The van der Waals surface area contributed by atoms with Gasteiger partial charge in [-0.05, 0) is 13.3 Å². The van der Waals surface area contributed by atoms with Crippen molar-refractivity contribution in [2.45, 2.75) is 19.4 Å². The summed E-state index contributed by atoms with van der Waals surface area (Å²) < 4.78 is 22.8. The molecule has 1 atom stereocenters. The number of hydrogen-bond acceptors (Lipinski definition) is 8. The molecule has 0 amide bonds. The first-order chi connectivity index (χ1) is 9.43. The fraction of sp³-hybridized carbons (Fsp3) is 0.600. The van der Waals surface area contributed by atoms with Crippen molar-refractivity contribution < 1.29 is 13.3 Å². The smallest absolute Gasteiger partial charge is 0.353 e. The van der Waals surface area contributed by atoms with Crippen LogP contribution in [0.3, 0.4) is 0 Å². The topological polar surface area (TPSA) is 127 Å². The monoisotopic (exact) mass is 301 g/mol. The van der Waals surface area contributed by atoms with Crippen LogP contribution in [0.25, 0.3) is 0 Å². The molecule has 20 heavy (non-hydrogen) atoms. The number of nitro groups is 1. The van der Waals surface area contributed by atoms with Crippen LogP contribution in [-0.4, -0.2) is 47.4 Å². The maximum Gasteiger partial charge on any atom is 0.353 e. The largest absolute Gasteiger partial charge is 0.364 e. The summed E-state index contributed by atoms with van der Waals surface area (Å²) in [6.07, 6.45) is 1.62. The molecule has 10 heteroatoms. The van der Waals surface area contributed by atoms with E-state index in [0.717, 1.165) is 0 Å². The van der Waals surface area contributed by atoms with Crippen molar-refractivity contribution in [3.8, 4) is 0 Å². The van der Waals surface area contributed by atoms with Crippen LogP contribution in [0.2, 0.25) is 0 Å². The van der Waals surface area contributed by atoms with Gasteiger partial charge in [-0.25, -0.2) is 18.4 Å². The molecule has 1 aliphatic heterocycles. The van der Waals surface area contributed by atoms with Gasteiger partial charge in [-0.3, -0.25) is 10.1 Å². The van der Waals surface area contributed by atoms with E-state index in [9.17, 15) is 18.5 Å². The van der Waals surface area contributed by atoms with Gasteiger partial charge in [0.1, 0.15) is 6.33 Å². The Kier molecular flexibility index (Phi) is 4.02. The van der Waals surface area contributed by atoms with E-state index in [1.807, 2.05) is 0 Å². The van der Waals surface area contributed by atoms with Crippen LogP contribution >= 0.6 is 0 Å². The molecule has 1 aromatic rings. The summed E-state index contributed by atoms with van der Waals surface area (Å²) in [7, 11) is -3.06. The Morgan fingerprint density at radius 2 is 2.15 bits per heavy atom. The second-order valence-corrected chi connectivity index (χ2v) is 6.68. The quantitative estimate of drug-likeness (QED) is 0.591. The van der Waals surface area contributed by atoms with E-state index < -0.39 is 14.8 Å². The van der Waals surface area contributed by atoms with Gasteiger partial charge in [-0.15, -0.1) is 0 Å². The van der Waals surface area contributed by atoms with Crippen LogP contribution in [0.4, 0.5) is 17.3 Å². The third-order valence-corrected chi connectivity index (χ3v) is 4.69. The van der Waals surface area contributed by atoms with Gasteiger partial charge in [0.05, 0.1) is 16.4 Å². The lowest BCUT2D eigenvalue weighted by Crippen LogP contribution is -2.22. The van der Waals surface area contributed by atoms with E-state index in [2.05, 4.69) is 20.6 Å². The van der Waals surface area contributed by atoms with Crippen molar-refractivity contribution in [3.05, 3.63) is 16.4 Å². The Morgan fingerprint density at radius 1 is 1.45 bits per heavy atom. The number of aromatic nitrogens is 2. The highest BCUT2D eigenvalue weighted by molar-refractivity contribution is 7.91. The highest BCUT2D eigenvalue weighted by Gasteiger charge is 2.31. The van der Waals surface area contributed by atoms with E-state index >= 15 is 0 Å². The second kappa shape index (κ2) is 5.57. The lowest BCUT2D eigenvalue weighted by molar-refractivity contribution is -0.383. The average molecular weight is 301 g/mol. The number of nitrogens with zero attached hydrogens (tertiary/aromatic N) is 3. The molecule has 0 saturated carbocycles. The number of anilines is 2. The van der Waals surface area contributed by atoms with Crippen molar-refractivity contribution in [2.75, 3.05) is 28.7 Å². The molecule has 0 spiro atoms. The fourth-order valence-corrected chi connectivity index (χ4v) is 3.73. The number of hydrogen-bond donors (Lipinski definition) is 2. The normalized spacial score (nSPS) is 20.6. The maximum absolute atomic E-state index is 11.4. The number of sulfone groups is 1. The molecule has 1 aliphatic rings. The van der Waals surface area contributed by atoms with Gasteiger partial charge < -0.3 is 10.6 Å². The standard InChI is InChI=1S/C10H15N5O4S/c1-2-11-9-8(15(16)17)10(13-6-12-9)14-7-3-4-20(18,19)5-7/h6-7H,2-5H2,1H3,(H2,11,12,13,14). The van der Waals surface area contributed by atoms with Gasteiger partial charge in [0.25, 0.3) is 0 Å². The van der Waals surface area contributed by atoms with Crippen molar-refractivity contribution in [3.63, 3.8) is 0 Å². The van der Waals surface area contributed by atoms with Crippen LogP contribution in [0.1, 0.15) is 13.3 Å². The second-order valence-electron chi connectivity index (χ2n) is 4.45. The summed E-state index contributed by atoms with van der Waals surface area (Å²) in [5.41, 5.74) is -0.265. The summed E-state index contributed by atoms with van der Waals surface area (Å²) in [5.74, 6) is 0.216. The third kappa shape index (κ3) is 3.13. The summed E-state index contributed by atoms with van der Waals surface area (Å²) in [4.78, 5) is 18.3. The Hall–Kier alpha value is -1.97. The number of nitrogens with one attached hydrogen (secondary N) is 2. The van der Waals surface area contributed by atoms with E-state index in [-0.39, 0.29) is 34.9 Å². The third-order valence-electron chi connectivity index (χ3n) is 2.92. The van der Waals surface area contributed by atoms with Crippen molar-refractivity contribution in [1.82, 2.24) is 9.97 Å². The predicted octanol–water partition coefficient (Wildman–Crippen LogP) is 0.416. The fourth-order valence-electron chi connectivity index (χ4n) is 2.06. The van der Waals surface area contributed by atoms with Crippen LogP contribution < -0.4 is 10.6 Å². The minimum atomic E-state index is -3.06. The van der Waals surface area contributed by atoms with Crippen molar-refractivity contribution in [2.24, 2.45) is 0 Å². The highest BCUT2D eigenvalue weighted by atomic mass is 32.2. The van der Waals surface area contributed by atoms with Gasteiger partial charge in [-0.2, -0.15) is 0 Å². The lowest BCUT2D eigenvalue weighted by atomic mass is 10.2. The lowest BCUT2D eigenvalue weighted by Gasteiger charge is -2.12. The van der Waals surface area contributed by atoms with Gasteiger partial charge in [-0.1, -0.05) is 0 Å². The van der Waals surface area contributed by atoms with Crippen LogP contribution in [0.15, 0.2) is 6.33 Å². The minimum Gasteiger partial charge on any atom is -0.364 e. The first-order valence-corrected chi connectivity index (χ1v) is 7.95. The van der Waals surface area contributed by atoms with Gasteiger partial charge in [0.15, 0.2) is 9.84 Å². The van der Waals surface area contributed by atoms with Gasteiger partial charge >= 0.3 is 5.69 Å². The zero-order valence-corrected chi connectivity index (χ0v) is 11.7. The summed E-state index contributed by atoms with van der Waals surface area (Å²) in [5, 5.41) is 16.8. The molecule has 0 radical (unpaired) electrons. The van der Waals surface area contributed by atoms with Crippen molar-refractivity contribution in [1.29, 1.82) is 0 Å². The molecule has 0 aliphatic carbocycles. The zero-order chi connectivity index (χ0) is 14.8. The Labute approximate surface area is 115 Å². The summed E-state index contributed by atoms with van der Waals surface area (Å²) in [6.45, 7) is 2.28.